The van der Waals surface area contributed by atoms with E-state index in [1.54, 1.807) is 313 Å². The molecular weight excluding hydrogens is 995 g/mol. The molecule has 1 unspecified atom stereocenters. The molecule has 0 bridgehead atoms. The fourth-order valence-electron chi connectivity index (χ4n) is 26.3. The van der Waals surface area contributed by atoms with Crippen molar-refractivity contribution in [3.05, 3.63) is 64.0 Å². The van der Waals surface area contributed by atoms with Crippen LogP contribution in [0.1, 0.15) is 22.3 Å². The van der Waals surface area contributed by atoms with E-state index in [4.69, 9.17) is 0 Å². The second-order valence-corrected chi connectivity index (χ2v) is 31.3. The zero-order valence-electron chi connectivity index (χ0n) is 38.8. The van der Waals surface area contributed by atoms with Crippen LogP contribution in [0.2, 0.25) is 0 Å². The molecule has 0 amide bonds. The van der Waals surface area contributed by atoms with Gasteiger partial charge in [0.05, 0.1) is 19.3 Å². The van der Waals surface area contributed by atoms with Crippen LogP contribution >= 0.6 is 47.0 Å². The summed E-state index contributed by atoms with van der Waals surface area (Å²) >= 11 is 7.76. The lowest BCUT2D eigenvalue weighted by atomic mass is 9.48. The number of thioether (sulfide) groups is 4. The standard InChI is InChI=1S/C71H11NS4/c1-72-7-70-64-56-48-38-28-20-12-10-11-14-18-16(12)24-32-26(18)36-30-22(14)23-15(11)19-17-13(10)21(20)29-35-25(17)33-27(19)37-31(23)41-40(30)52-46(36)54-44(32)50(42(48)34(24)28)58(64)60(54)66-62(52)63-53(41)47(37)55-45(33)51-43(35)49(39(29)38)57(56)65(70)59(51)61(55)67(63)71(66,70)9(72)3-2-8-6-75-69(76-8)68-73-4-5-74-68/h2-6,9H,7H2,1H3/b3-2-. The number of allylic oxidation sites excluding steroid dienone is 1. The minimum atomic E-state index is -0.303. The van der Waals surface area contributed by atoms with Crippen molar-refractivity contribution in [1.29, 1.82) is 0 Å². The smallest absolute Gasteiger partial charge is 0.0700 e. The summed E-state index contributed by atoms with van der Waals surface area (Å²) in [6, 6.07) is 0.170. The molecule has 1 fully saturated rings. The lowest BCUT2D eigenvalue weighted by Crippen LogP contribution is -2.54. The molecule has 1 nitrogen and oxygen atoms in total. The normalized spacial score (nSPS) is 25.0. The highest BCUT2D eigenvalue weighted by molar-refractivity contribution is 8.33. The predicted molar refractivity (Wildman–Crippen MR) is 334 cm³/mol. The molecule has 4 aliphatic carbocycles. The molecule has 0 radical (unpaired) electrons. The van der Waals surface area contributed by atoms with Gasteiger partial charge in [-0.2, -0.15) is 0 Å². The Morgan fingerprint density at radius 3 is 0.855 bits per heavy atom. The van der Waals surface area contributed by atoms with E-state index in [1.165, 1.54) is 13.4 Å². The van der Waals surface area contributed by atoms with E-state index in [0.29, 0.717) is 0 Å². The van der Waals surface area contributed by atoms with Crippen molar-refractivity contribution < 1.29 is 0 Å². The Morgan fingerprint density at radius 1 is 0.329 bits per heavy atom. The van der Waals surface area contributed by atoms with Gasteiger partial charge in [0.25, 0.3) is 0 Å². The zero-order valence-corrected chi connectivity index (χ0v) is 42.0. The first-order valence-electron chi connectivity index (χ1n) is 27.7. The second-order valence-electron chi connectivity index (χ2n) is 27.0. The summed E-state index contributed by atoms with van der Waals surface area (Å²) < 4.78 is 2.89. The van der Waals surface area contributed by atoms with Gasteiger partial charge in [-0.05, 0) is 336 Å². The summed E-state index contributed by atoms with van der Waals surface area (Å²) in [5.41, 5.74) is 6.57. The molecule has 324 valence electrons. The lowest BCUT2D eigenvalue weighted by Gasteiger charge is -2.51. The van der Waals surface area contributed by atoms with E-state index in [0.717, 1.165) is 6.54 Å². The molecule has 76 heavy (non-hydrogen) atoms. The van der Waals surface area contributed by atoms with Gasteiger partial charge < -0.3 is 0 Å². The molecular formula is C71H11NS4. The summed E-state index contributed by atoms with van der Waals surface area (Å²) in [7, 11) is 2.58. The van der Waals surface area contributed by atoms with Crippen molar-refractivity contribution in [3.63, 3.8) is 0 Å². The van der Waals surface area contributed by atoms with Crippen LogP contribution in [0.3, 0.4) is 0 Å². The van der Waals surface area contributed by atoms with Crippen LogP contribution < -0.4 is 0 Å². The van der Waals surface area contributed by atoms with Crippen molar-refractivity contribution in [2.24, 2.45) is 0 Å². The van der Waals surface area contributed by atoms with E-state index in [-0.39, 0.29) is 16.9 Å². The fraction of sp³-hybridized carbons (Fsp3) is 0.0704. The summed E-state index contributed by atoms with van der Waals surface area (Å²) in [6.45, 7) is 1.05. The average molecular weight is 1010 g/mol. The Bertz CT molecular complexity index is 7480. The van der Waals surface area contributed by atoms with Crippen molar-refractivity contribution >= 4 is 338 Å². The first-order valence-corrected chi connectivity index (χ1v) is 31.2. The molecule has 7 aliphatic rings. The third-order valence-electron chi connectivity index (χ3n) is 26.5. The monoisotopic (exact) mass is 1000 g/mol. The van der Waals surface area contributed by atoms with Crippen LogP contribution in [-0.4, -0.2) is 24.5 Å². The molecule has 3 heterocycles. The third-order valence-corrected chi connectivity index (χ3v) is 31.5. The molecule has 1 atom stereocenters. The number of rotatable bonds is 2. The Morgan fingerprint density at radius 2 is 0.579 bits per heavy atom. The molecule has 0 saturated carbocycles. The number of nitrogens with zero attached hydrogens (tertiary/aromatic N) is 1. The molecule has 35 rings (SSSR count). The van der Waals surface area contributed by atoms with Crippen molar-refractivity contribution in [1.82, 2.24) is 4.90 Å². The summed E-state index contributed by atoms with van der Waals surface area (Å²) in [6.07, 6.45) is 5.43. The average Bonchev–Trinajstić information content (AvgIpc) is 1.74. The minimum Gasteiger partial charge on any atom is -0.297 e. The van der Waals surface area contributed by atoms with Crippen LogP contribution in [0.15, 0.2) is 41.8 Å². The molecule has 0 N–H and O–H groups in total. The molecule has 5 heteroatoms. The summed E-state index contributed by atoms with van der Waals surface area (Å²) in [5.74, 6) is 0. The van der Waals surface area contributed by atoms with Gasteiger partial charge in [0.2, 0.25) is 0 Å². The number of benzene rings is 18. The van der Waals surface area contributed by atoms with Crippen LogP contribution in [-0.2, 0) is 10.8 Å². The lowest BCUT2D eigenvalue weighted by molar-refractivity contribution is 0.318. The highest BCUT2D eigenvalue weighted by Gasteiger charge is 2.75. The maximum Gasteiger partial charge on any atom is 0.0700 e. The number of hydrogen-bond donors (Lipinski definition) is 0. The minimum absolute atomic E-state index is 0.170. The van der Waals surface area contributed by atoms with E-state index in [1.807, 2.05) is 47.0 Å². The zero-order chi connectivity index (χ0) is 45.4. The van der Waals surface area contributed by atoms with Crippen molar-refractivity contribution in [2.45, 2.75) is 16.9 Å². The van der Waals surface area contributed by atoms with Crippen LogP contribution in [0, 0.1) is 0 Å². The number of hydrogen-bond acceptors (Lipinski definition) is 5. The first-order chi connectivity index (χ1) is 37.8. The van der Waals surface area contributed by atoms with Gasteiger partial charge in [0, 0.05) is 17.5 Å². The van der Waals surface area contributed by atoms with Crippen molar-refractivity contribution in [2.75, 3.05) is 13.6 Å². The summed E-state index contributed by atoms with van der Waals surface area (Å²) in [5, 5.41) is 97.5. The van der Waals surface area contributed by atoms with Crippen LogP contribution in [0.25, 0.3) is 291 Å². The largest absolute Gasteiger partial charge is 0.297 e. The Hall–Kier alpha value is -7.22. The Kier molecular flexibility index (Phi) is 2.92. The highest BCUT2D eigenvalue weighted by Crippen LogP contribution is 2.86. The molecule has 0 aromatic heterocycles. The van der Waals surface area contributed by atoms with Crippen molar-refractivity contribution in [3.8, 4) is 0 Å². The SMILES string of the molecule is CN1CC23c4c5c6c7c8c9c(c%10c%11c2c2c4c4c%12c5c5c6c6c8c8c%13c9c9c%10c%10c%11c%11c2c2c4c4c%12c%12c5c5c6c8c6c8c%13c9c9c%10c%10c%11c2c2c4c4c%12c5c6c5c8c9c%10c2c45)C73C1/C=C\C1=CSC(=C2SC=CS2)S1. The second kappa shape index (κ2) is 7.28. The first kappa shape index (κ1) is 30.5. The molecule has 3 aliphatic heterocycles. The van der Waals surface area contributed by atoms with Crippen LogP contribution in [0.4, 0.5) is 0 Å². The molecule has 1 saturated heterocycles. The molecule has 28 aromatic rings. The quantitative estimate of drug-likeness (QED) is 0.158. The molecule has 2 spiro atoms. The van der Waals surface area contributed by atoms with Gasteiger partial charge >= 0.3 is 0 Å². The maximum absolute atomic E-state index is 2.95. The topological polar surface area (TPSA) is 3.24 Å². The number of likely N-dealkylation sites (N-methyl/N-ethyl adjacent to an activating group) is 1. The Labute approximate surface area is 433 Å². The van der Waals surface area contributed by atoms with Gasteiger partial charge in [-0.3, -0.25) is 4.90 Å². The van der Waals surface area contributed by atoms with Crippen LogP contribution in [0.5, 0.6) is 0 Å². The maximum atomic E-state index is 2.95. The highest BCUT2D eigenvalue weighted by atomic mass is 32.2. The number of likely N-dealkylation sites (tertiary alicyclic amines) is 1. The van der Waals surface area contributed by atoms with Gasteiger partial charge in [0.1, 0.15) is 0 Å². The molecule has 28 aromatic carbocycles. The predicted octanol–water partition coefficient (Wildman–Crippen LogP) is 20.6. The van der Waals surface area contributed by atoms with E-state index in [9.17, 15) is 0 Å². The van der Waals surface area contributed by atoms with E-state index in [2.05, 4.69) is 40.3 Å². The fourth-order valence-corrected chi connectivity index (χ4v) is 30.7. The van der Waals surface area contributed by atoms with Gasteiger partial charge in [0.15, 0.2) is 0 Å². The summed E-state index contributed by atoms with van der Waals surface area (Å²) in [4.78, 5) is 4.35. The van der Waals surface area contributed by atoms with E-state index >= 15 is 0 Å². The third kappa shape index (κ3) is 1.75. The van der Waals surface area contributed by atoms with E-state index < -0.39 is 0 Å². The Balaban J connectivity index is 1.02. The van der Waals surface area contributed by atoms with Gasteiger partial charge in [-0.1, -0.05) is 59.2 Å². The van der Waals surface area contributed by atoms with Gasteiger partial charge in [-0.15, -0.1) is 0 Å². The van der Waals surface area contributed by atoms with Gasteiger partial charge in [-0.25, -0.2) is 0 Å².